The number of hydrogen-bond donors (Lipinski definition) is 0. The molecular weight excluding hydrogens is 351 g/mol. The van der Waals surface area contributed by atoms with Gasteiger partial charge in [-0.2, -0.15) is 13.2 Å². The van der Waals surface area contributed by atoms with Crippen LogP contribution in [-0.4, -0.2) is 24.5 Å². The number of rotatable bonds is 4. The van der Waals surface area contributed by atoms with Gasteiger partial charge in [-0.1, -0.05) is 30.3 Å². The van der Waals surface area contributed by atoms with Crippen LogP contribution in [0.4, 0.5) is 13.2 Å². The van der Waals surface area contributed by atoms with Crippen LogP contribution in [0.2, 0.25) is 0 Å². The van der Waals surface area contributed by atoms with Gasteiger partial charge in [0.15, 0.2) is 0 Å². The van der Waals surface area contributed by atoms with Gasteiger partial charge >= 0.3 is 6.18 Å². The first-order chi connectivity index (χ1) is 13.0. The molecule has 0 bridgehead atoms. The monoisotopic (exact) mass is 373 g/mol. The van der Waals surface area contributed by atoms with Crippen molar-refractivity contribution in [3.63, 3.8) is 0 Å². The maximum absolute atomic E-state index is 12.9. The molecule has 142 valence electrons. The van der Waals surface area contributed by atoms with Gasteiger partial charge in [0.1, 0.15) is 5.58 Å². The van der Waals surface area contributed by atoms with Crippen molar-refractivity contribution in [1.29, 1.82) is 0 Å². The Morgan fingerprint density at radius 1 is 1.00 bits per heavy atom. The second kappa shape index (κ2) is 7.39. The van der Waals surface area contributed by atoms with Crippen LogP contribution < -0.4 is 0 Å². The Morgan fingerprint density at radius 2 is 1.81 bits per heavy atom. The summed E-state index contributed by atoms with van der Waals surface area (Å²) in [5.41, 5.74) is 2.43. The zero-order chi connectivity index (χ0) is 18.9. The van der Waals surface area contributed by atoms with E-state index in [2.05, 4.69) is 23.1 Å². The Balaban J connectivity index is 1.32. The molecule has 0 unspecified atom stereocenters. The highest BCUT2D eigenvalue weighted by Crippen LogP contribution is 2.34. The molecule has 1 aliphatic rings. The van der Waals surface area contributed by atoms with Crippen molar-refractivity contribution >= 4 is 11.0 Å². The third kappa shape index (κ3) is 4.19. The van der Waals surface area contributed by atoms with Gasteiger partial charge in [-0.3, -0.25) is 0 Å². The summed E-state index contributed by atoms with van der Waals surface area (Å²) in [6.45, 7) is 2.80. The Kier molecular flexibility index (Phi) is 4.96. The summed E-state index contributed by atoms with van der Waals surface area (Å²) in [5, 5.41) is 1.11. The fourth-order valence-corrected chi connectivity index (χ4v) is 3.90. The molecule has 1 aromatic heterocycles. The van der Waals surface area contributed by atoms with Crippen LogP contribution in [-0.2, 0) is 12.6 Å². The zero-order valence-corrected chi connectivity index (χ0v) is 15.0. The topological polar surface area (TPSA) is 16.4 Å². The minimum absolute atomic E-state index is 0.211. The lowest BCUT2D eigenvalue weighted by Crippen LogP contribution is -2.34. The molecule has 2 aromatic carbocycles. The largest absolute Gasteiger partial charge is 0.464 e. The van der Waals surface area contributed by atoms with E-state index < -0.39 is 11.7 Å². The molecule has 2 heterocycles. The fourth-order valence-electron chi connectivity index (χ4n) is 3.90. The lowest BCUT2D eigenvalue weighted by atomic mass is 9.88. The molecule has 0 spiro atoms. The van der Waals surface area contributed by atoms with E-state index in [1.165, 1.54) is 17.7 Å². The molecule has 5 heteroatoms. The normalized spacial score (nSPS) is 16.9. The summed E-state index contributed by atoms with van der Waals surface area (Å²) in [6, 6.07) is 14.1. The Labute approximate surface area is 156 Å². The number of alkyl halides is 3. The molecule has 27 heavy (non-hydrogen) atoms. The number of likely N-dealkylation sites (tertiary alicyclic amines) is 1. The molecule has 0 N–H and O–H groups in total. The maximum atomic E-state index is 12.9. The van der Waals surface area contributed by atoms with Crippen molar-refractivity contribution in [1.82, 2.24) is 4.90 Å². The van der Waals surface area contributed by atoms with E-state index >= 15 is 0 Å². The van der Waals surface area contributed by atoms with E-state index in [4.69, 9.17) is 4.42 Å². The smallest absolute Gasteiger partial charge is 0.416 e. The lowest BCUT2D eigenvalue weighted by molar-refractivity contribution is -0.137. The highest BCUT2D eigenvalue weighted by atomic mass is 19.4. The van der Waals surface area contributed by atoms with Crippen molar-refractivity contribution < 1.29 is 17.6 Å². The molecule has 3 aromatic rings. The second-order valence-corrected chi connectivity index (χ2v) is 7.28. The second-order valence-electron chi connectivity index (χ2n) is 7.28. The van der Waals surface area contributed by atoms with Crippen LogP contribution >= 0.6 is 0 Å². The quantitative estimate of drug-likeness (QED) is 0.568. The average molecular weight is 373 g/mol. The van der Waals surface area contributed by atoms with Crippen LogP contribution in [0.25, 0.3) is 11.0 Å². The van der Waals surface area contributed by atoms with Gasteiger partial charge in [-0.15, -0.1) is 0 Å². The van der Waals surface area contributed by atoms with Crippen LogP contribution in [0.15, 0.2) is 59.2 Å². The molecule has 0 radical (unpaired) electrons. The van der Waals surface area contributed by atoms with E-state index in [9.17, 15) is 13.2 Å². The number of nitrogens with zero attached hydrogens (tertiary/aromatic N) is 1. The fraction of sp³-hybridized carbons (Fsp3) is 0.364. The summed E-state index contributed by atoms with van der Waals surface area (Å²) in [6.07, 6.45) is 0.181. The van der Waals surface area contributed by atoms with Crippen molar-refractivity contribution in [3.05, 3.63) is 71.5 Å². The van der Waals surface area contributed by atoms with Crippen LogP contribution in [0.5, 0.6) is 0 Å². The molecule has 0 aliphatic carbocycles. The highest BCUT2D eigenvalue weighted by molar-refractivity contribution is 5.77. The number of halogens is 3. The molecule has 1 fully saturated rings. The summed E-state index contributed by atoms with van der Waals surface area (Å²) in [4.78, 5) is 2.40. The van der Waals surface area contributed by atoms with Crippen molar-refractivity contribution in [2.24, 2.45) is 0 Å². The molecule has 1 saturated heterocycles. The van der Waals surface area contributed by atoms with Crippen LogP contribution in [0, 0.1) is 0 Å². The zero-order valence-electron chi connectivity index (χ0n) is 15.0. The number of benzene rings is 2. The van der Waals surface area contributed by atoms with Crippen molar-refractivity contribution in [2.45, 2.75) is 31.4 Å². The first kappa shape index (κ1) is 18.1. The minimum atomic E-state index is -4.27. The predicted molar refractivity (Wildman–Crippen MR) is 99.8 cm³/mol. The van der Waals surface area contributed by atoms with E-state index in [0.29, 0.717) is 0 Å². The molecule has 0 amide bonds. The van der Waals surface area contributed by atoms with E-state index in [0.717, 1.165) is 61.5 Å². The van der Waals surface area contributed by atoms with Crippen LogP contribution in [0.3, 0.4) is 0 Å². The highest BCUT2D eigenvalue weighted by Gasteiger charge is 2.31. The van der Waals surface area contributed by atoms with Gasteiger partial charge in [0, 0.05) is 11.9 Å². The third-order valence-corrected chi connectivity index (χ3v) is 5.51. The van der Waals surface area contributed by atoms with Gasteiger partial charge in [0.2, 0.25) is 0 Å². The Hall–Kier alpha value is -2.27. The molecule has 0 atom stereocenters. The summed E-state index contributed by atoms with van der Waals surface area (Å²) >= 11 is 0. The predicted octanol–water partition coefficient (Wildman–Crippen LogP) is 5.87. The van der Waals surface area contributed by atoms with Crippen molar-refractivity contribution in [3.8, 4) is 0 Å². The maximum Gasteiger partial charge on any atom is 0.416 e. The number of fused-ring (bicyclic) bond motifs is 1. The molecular formula is C22H22F3NO. The minimum Gasteiger partial charge on any atom is -0.464 e. The van der Waals surface area contributed by atoms with Gasteiger partial charge < -0.3 is 9.32 Å². The molecule has 1 aliphatic heterocycles. The van der Waals surface area contributed by atoms with Gasteiger partial charge in [-0.05, 0) is 67.6 Å². The van der Waals surface area contributed by atoms with Gasteiger partial charge in [0.25, 0.3) is 0 Å². The number of piperidine rings is 1. The van der Waals surface area contributed by atoms with E-state index in [-0.39, 0.29) is 5.92 Å². The van der Waals surface area contributed by atoms with E-state index in [1.54, 1.807) is 6.26 Å². The van der Waals surface area contributed by atoms with Gasteiger partial charge in [0.05, 0.1) is 11.8 Å². The van der Waals surface area contributed by atoms with E-state index in [1.807, 2.05) is 12.1 Å². The summed E-state index contributed by atoms with van der Waals surface area (Å²) < 4.78 is 44.2. The first-order valence-electron chi connectivity index (χ1n) is 9.35. The summed E-state index contributed by atoms with van der Waals surface area (Å²) in [7, 11) is 0. The van der Waals surface area contributed by atoms with Gasteiger partial charge in [-0.25, -0.2) is 0 Å². The molecule has 4 rings (SSSR count). The summed E-state index contributed by atoms with van der Waals surface area (Å²) in [5.74, 6) is 0.211. The third-order valence-electron chi connectivity index (χ3n) is 5.51. The Morgan fingerprint density at radius 3 is 2.59 bits per heavy atom. The number of hydrogen-bond acceptors (Lipinski definition) is 2. The molecule has 2 nitrogen and oxygen atoms in total. The standard InChI is InChI=1S/C22H22F3NO/c23-22(24,25)20-3-1-2-19(15-20)17-7-11-26(12-8-17)10-6-16-4-5-18-9-13-27-21(18)14-16/h1-5,9,13-15,17H,6-8,10-12H2. The SMILES string of the molecule is FC(F)(F)c1cccc(C2CCN(CCc3ccc4ccoc4c3)CC2)c1. The molecule has 0 saturated carbocycles. The number of furan rings is 1. The average Bonchev–Trinajstić information content (AvgIpc) is 3.14. The van der Waals surface area contributed by atoms with Crippen molar-refractivity contribution in [2.75, 3.05) is 19.6 Å². The lowest BCUT2D eigenvalue weighted by Gasteiger charge is -2.32. The van der Waals surface area contributed by atoms with Crippen LogP contribution in [0.1, 0.15) is 35.4 Å². The Bertz CT molecular complexity index is 907. The first-order valence-corrected chi connectivity index (χ1v) is 9.35.